The van der Waals surface area contributed by atoms with Crippen LogP contribution in [-0.2, 0) is 16.1 Å². The maximum Gasteiger partial charge on any atom is 0.291 e. The van der Waals surface area contributed by atoms with E-state index in [9.17, 15) is 14.3 Å². The minimum absolute atomic E-state index is 0.0631. The van der Waals surface area contributed by atoms with Crippen molar-refractivity contribution in [1.29, 1.82) is 0 Å². The van der Waals surface area contributed by atoms with Gasteiger partial charge in [0.05, 0.1) is 31.5 Å². The summed E-state index contributed by atoms with van der Waals surface area (Å²) < 4.78 is 23.0. The molecule has 2 aromatic heterocycles. The fourth-order valence-corrected chi connectivity index (χ4v) is 3.90. The second-order valence-corrected chi connectivity index (χ2v) is 10.1. The molecule has 0 spiro atoms. The number of nitrogens with one attached hydrogen (secondary N) is 1. The third-order valence-electron chi connectivity index (χ3n) is 4.61. The summed E-state index contributed by atoms with van der Waals surface area (Å²) in [5.74, 6) is -2.10. The average Bonchev–Trinajstić information content (AvgIpc) is 3.08. The number of amides is 1. The molecule has 0 unspecified atom stereocenters. The van der Waals surface area contributed by atoms with Gasteiger partial charge in [-0.25, -0.2) is 9.87 Å². The van der Waals surface area contributed by atoms with Gasteiger partial charge in [-0.3, -0.25) is 14.6 Å². The zero-order valence-electron chi connectivity index (χ0n) is 17.9. The minimum atomic E-state index is -1.23. The Morgan fingerprint density at radius 1 is 1.34 bits per heavy atom. The van der Waals surface area contributed by atoms with Gasteiger partial charge in [0, 0.05) is 31.1 Å². The highest BCUT2D eigenvalue weighted by atomic mass is 127. The standard InChI is InChI=1S/C22H24BrFIN3O4/c1-13(11-31-22(2,3)30)12-32-27-21(29)19-7-16-17(23)8-26-9-20(16)28(19)10-14-4-5-15(25)6-18(14)24/h4-9,13,30H,10-12H2,1-3H3,(H,27,29)/t13-/m1/s1. The number of carbonyl (C=O) groups excluding carboxylic acids is 1. The Balaban J connectivity index is 1.79. The first-order valence-corrected chi connectivity index (χ1v) is 11.8. The van der Waals surface area contributed by atoms with Crippen LogP contribution in [0.3, 0.4) is 0 Å². The van der Waals surface area contributed by atoms with E-state index in [1.165, 1.54) is 6.07 Å². The van der Waals surface area contributed by atoms with Crippen molar-refractivity contribution in [3.05, 3.63) is 61.8 Å². The molecule has 0 aliphatic carbocycles. The molecule has 0 aliphatic heterocycles. The van der Waals surface area contributed by atoms with Gasteiger partial charge in [-0.2, -0.15) is 0 Å². The number of aliphatic hydroxyl groups is 1. The number of carbonyl (C=O) groups is 1. The molecule has 172 valence electrons. The van der Waals surface area contributed by atoms with Crippen molar-refractivity contribution < 1.29 is 23.9 Å². The van der Waals surface area contributed by atoms with Crippen LogP contribution in [0.1, 0.15) is 36.8 Å². The van der Waals surface area contributed by atoms with Crippen LogP contribution >= 0.6 is 38.5 Å². The second kappa shape index (κ2) is 10.6. The summed E-state index contributed by atoms with van der Waals surface area (Å²) in [7, 11) is 0. The molecule has 0 radical (unpaired) electrons. The number of ether oxygens (including phenoxy) is 1. The molecule has 2 heterocycles. The van der Waals surface area contributed by atoms with E-state index in [1.54, 1.807) is 42.9 Å². The molecule has 1 aromatic carbocycles. The number of hydroxylamine groups is 1. The number of aromatic nitrogens is 2. The fourth-order valence-electron chi connectivity index (χ4n) is 3.01. The van der Waals surface area contributed by atoms with Crippen molar-refractivity contribution in [2.45, 2.75) is 33.1 Å². The second-order valence-electron chi connectivity index (χ2n) is 8.01. The van der Waals surface area contributed by atoms with Gasteiger partial charge >= 0.3 is 0 Å². The van der Waals surface area contributed by atoms with E-state index in [1.807, 2.05) is 13.0 Å². The maximum atomic E-state index is 14.5. The molecule has 0 fully saturated rings. The Morgan fingerprint density at radius 2 is 2.09 bits per heavy atom. The van der Waals surface area contributed by atoms with E-state index in [4.69, 9.17) is 9.57 Å². The zero-order valence-corrected chi connectivity index (χ0v) is 21.6. The highest BCUT2D eigenvalue weighted by Crippen LogP contribution is 2.28. The molecule has 0 saturated heterocycles. The smallest absolute Gasteiger partial charge is 0.291 e. The topological polar surface area (TPSA) is 85.6 Å². The van der Waals surface area contributed by atoms with E-state index < -0.39 is 11.7 Å². The molecule has 3 rings (SSSR count). The molecule has 1 amide bonds. The summed E-state index contributed by atoms with van der Waals surface area (Å²) in [5.41, 5.74) is 3.90. The van der Waals surface area contributed by atoms with Gasteiger partial charge in [-0.15, -0.1) is 0 Å². The molecule has 3 aromatic rings. The summed E-state index contributed by atoms with van der Waals surface area (Å²) in [4.78, 5) is 22.5. The highest BCUT2D eigenvalue weighted by molar-refractivity contribution is 14.1. The number of nitrogens with zero attached hydrogens (tertiary/aromatic N) is 2. The van der Waals surface area contributed by atoms with Gasteiger partial charge in [0.15, 0.2) is 5.79 Å². The fraction of sp³-hybridized carbons (Fsp3) is 0.364. The van der Waals surface area contributed by atoms with Crippen LogP contribution in [0.4, 0.5) is 4.39 Å². The Bertz CT molecular complexity index is 1120. The predicted octanol–water partition coefficient (Wildman–Crippen LogP) is 4.63. The summed E-state index contributed by atoms with van der Waals surface area (Å²) in [6.07, 6.45) is 3.28. The van der Waals surface area contributed by atoms with Gasteiger partial charge in [0.1, 0.15) is 11.5 Å². The maximum absolute atomic E-state index is 14.5. The van der Waals surface area contributed by atoms with Crippen LogP contribution in [0.15, 0.2) is 41.1 Å². The largest absolute Gasteiger partial charge is 0.366 e. The van der Waals surface area contributed by atoms with Gasteiger partial charge in [0.25, 0.3) is 5.91 Å². The third kappa shape index (κ3) is 6.47. The quantitative estimate of drug-likeness (QED) is 0.207. The molecule has 10 heteroatoms. The normalized spacial score (nSPS) is 12.8. The lowest BCUT2D eigenvalue weighted by Crippen LogP contribution is -2.31. The van der Waals surface area contributed by atoms with E-state index >= 15 is 0 Å². The molecule has 2 N–H and O–H groups in total. The third-order valence-corrected chi connectivity index (χ3v) is 5.91. The molecule has 1 atom stereocenters. The molecule has 0 bridgehead atoms. The van der Waals surface area contributed by atoms with Crippen molar-refractivity contribution in [2.24, 2.45) is 5.92 Å². The molecule has 0 aliphatic rings. The van der Waals surface area contributed by atoms with E-state index in [-0.39, 0.29) is 31.5 Å². The van der Waals surface area contributed by atoms with E-state index in [2.05, 4.69) is 49.0 Å². The Kier molecular flexibility index (Phi) is 8.26. The summed E-state index contributed by atoms with van der Waals surface area (Å²) in [5, 5.41) is 10.4. The van der Waals surface area contributed by atoms with Crippen molar-refractivity contribution >= 4 is 55.3 Å². The van der Waals surface area contributed by atoms with Crippen molar-refractivity contribution in [3.63, 3.8) is 0 Å². The number of hydrogen-bond acceptors (Lipinski definition) is 5. The summed E-state index contributed by atoms with van der Waals surface area (Å²) >= 11 is 5.51. The van der Waals surface area contributed by atoms with Gasteiger partial charge < -0.3 is 14.4 Å². The first kappa shape index (κ1) is 25.0. The Labute approximate surface area is 207 Å². The molecule has 32 heavy (non-hydrogen) atoms. The Hall–Kier alpha value is -1.60. The number of rotatable bonds is 9. The number of pyridine rings is 1. The first-order chi connectivity index (χ1) is 15.0. The molecule has 0 saturated carbocycles. The van der Waals surface area contributed by atoms with Crippen LogP contribution < -0.4 is 5.48 Å². The lowest BCUT2D eigenvalue weighted by atomic mass is 10.2. The van der Waals surface area contributed by atoms with Crippen LogP contribution in [0.25, 0.3) is 10.9 Å². The Morgan fingerprint density at radius 3 is 2.78 bits per heavy atom. The summed E-state index contributed by atoms with van der Waals surface area (Å²) in [6, 6.07) is 6.69. The van der Waals surface area contributed by atoms with Gasteiger partial charge in [-0.05, 0) is 70.6 Å². The molecular weight excluding hydrogens is 596 g/mol. The highest BCUT2D eigenvalue weighted by Gasteiger charge is 2.20. The van der Waals surface area contributed by atoms with Crippen molar-refractivity contribution in [2.75, 3.05) is 13.2 Å². The van der Waals surface area contributed by atoms with Gasteiger partial charge in [-0.1, -0.05) is 13.0 Å². The van der Waals surface area contributed by atoms with Crippen LogP contribution in [-0.4, -0.2) is 39.6 Å². The average molecular weight is 620 g/mol. The van der Waals surface area contributed by atoms with Crippen LogP contribution in [0, 0.1) is 15.3 Å². The van der Waals surface area contributed by atoms with Crippen molar-refractivity contribution in [3.8, 4) is 0 Å². The van der Waals surface area contributed by atoms with E-state index in [0.29, 0.717) is 16.8 Å². The zero-order chi connectivity index (χ0) is 23.5. The number of hydrogen-bond donors (Lipinski definition) is 2. The number of fused-ring (bicyclic) bond motifs is 1. The number of benzene rings is 1. The minimum Gasteiger partial charge on any atom is -0.366 e. The lowest BCUT2D eigenvalue weighted by molar-refractivity contribution is -0.186. The SMILES string of the molecule is C[C@@H](CONC(=O)c1cc2c(Br)cncc2n1Cc1ccc(I)cc1F)COC(C)(C)O. The van der Waals surface area contributed by atoms with E-state index in [0.717, 1.165) is 13.4 Å². The predicted molar refractivity (Wildman–Crippen MR) is 130 cm³/mol. The first-order valence-electron chi connectivity index (χ1n) is 9.90. The number of halogens is 3. The lowest BCUT2D eigenvalue weighted by Gasteiger charge is -2.21. The molecular formula is C22H24BrFIN3O4. The van der Waals surface area contributed by atoms with Crippen molar-refractivity contribution in [1.82, 2.24) is 15.0 Å². The van der Waals surface area contributed by atoms with Crippen LogP contribution in [0.2, 0.25) is 0 Å². The molecule has 7 nitrogen and oxygen atoms in total. The van der Waals surface area contributed by atoms with Crippen LogP contribution in [0.5, 0.6) is 0 Å². The monoisotopic (exact) mass is 619 g/mol. The van der Waals surface area contributed by atoms with Gasteiger partial charge in [0.2, 0.25) is 0 Å². The summed E-state index contributed by atoms with van der Waals surface area (Å²) in [6.45, 7) is 5.58.